The standard InChI is InChI=1S/C11H15N5O2/c12-11-14-9-8(10(18)15-11)13-5-16(9)7-2-1-6(3-7)4-17/h1-2,5-9,17H,3-4H2,(H3,12,14,15,18)/t6-,7+,8-,9-/m1/s1. The van der Waals surface area contributed by atoms with Crippen molar-refractivity contribution >= 4 is 18.2 Å². The SMILES string of the molecule is NC1=N[C@H]2[C@@H](N=CN2[C@H]2C=C[C@@H](CO)C2)C(=O)N1. The van der Waals surface area contributed by atoms with Crippen LogP contribution in [0.1, 0.15) is 6.42 Å². The van der Waals surface area contributed by atoms with Gasteiger partial charge in [-0.2, -0.15) is 0 Å². The van der Waals surface area contributed by atoms with Gasteiger partial charge in [-0.1, -0.05) is 12.2 Å². The molecule has 0 unspecified atom stereocenters. The number of fused-ring (bicyclic) bond motifs is 1. The number of nitrogens with one attached hydrogen (secondary N) is 1. The number of nitrogens with two attached hydrogens (primary N) is 1. The zero-order valence-corrected chi connectivity index (χ0v) is 9.73. The normalized spacial score (nSPS) is 37.7. The lowest BCUT2D eigenvalue weighted by Crippen LogP contribution is -2.55. The molecule has 0 radical (unpaired) electrons. The summed E-state index contributed by atoms with van der Waals surface area (Å²) in [6.45, 7) is 0.137. The molecule has 7 nitrogen and oxygen atoms in total. The van der Waals surface area contributed by atoms with Gasteiger partial charge < -0.3 is 15.7 Å². The number of aliphatic hydroxyl groups is 1. The Morgan fingerprint density at radius 3 is 3.11 bits per heavy atom. The minimum Gasteiger partial charge on any atom is -0.396 e. The minimum absolute atomic E-state index is 0.114. The molecule has 1 aliphatic carbocycles. The second-order valence-electron chi connectivity index (χ2n) is 4.70. The Balaban J connectivity index is 1.79. The molecule has 18 heavy (non-hydrogen) atoms. The van der Waals surface area contributed by atoms with Crippen LogP contribution in [0.25, 0.3) is 0 Å². The summed E-state index contributed by atoms with van der Waals surface area (Å²) >= 11 is 0. The number of guanidine groups is 1. The number of hydrogen-bond donors (Lipinski definition) is 3. The van der Waals surface area contributed by atoms with Crippen molar-refractivity contribution in [2.24, 2.45) is 21.6 Å². The number of nitrogens with zero attached hydrogens (tertiary/aromatic N) is 3. The molecule has 4 atom stereocenters. The van der Waals surface area contributed by atoms with Gasteiger partial charge in [-0.05, 0) is 6.42 Å². The Morgan fingerprint density at radius 2 is 2.39 bits per heavy atom. The van der Waals surface area contributed by atoms with Crippen LogP contribution in [0.5, 0.6) is 0 Å². The van der Waals surface area contributed by atoms with Crippen LogP contribution < -0.4 is 11.1 Å². The molecular formula is C11H15N5O2. The topological polar surface area (TPSA) is 103 Å². The minimum atomic E-state index is -0.515. The van der Waals surface area contributed by atoms with Crippen molar-refractivity contribution in [1.29, 1.82) is 0 Å². The van der Waals surface area contributed by atoms with Crippen LogP contribution in [0.15, 0.2) is 22.1 Å². The quantitative estimate of drug-likeness (QED) is 0.513. The zero-order chi connectivity index (χ0) is 12.7. The summed E-state index contributed by atoms with van der Waals surface area (Å²) in [6.07, 6.45) is 6.12. The number of amides is 1. The Labute approximate surface area is 104 Å². The van der Waals surface area contributed by atoms with Crippen molar-refractivity contribution in [2.45, 2.75) is 24.7 Å². The van der Waals surface area contributed by atoms with Gasteiger partial charge in [0.05, 0.1) is 12.4 Å². The van der Waals surface area contributed by atoms with E-state index >= 15 is 0 Å². The fraction of sp³-hybridized carbons (Fsp3) is 0.545. The van der Waals surface area contributed by atoms with Crippen molar-refractivity contribution in [3.8, 4) is 0 Å². The first kappa shape index (κ1) is 11.2. The average Bonchev–Trinajstić information content (AvgIpc) is 2.93. The second kappa shape index (κ2) is 4.09. The van der Waals surface area contributed by atoms with E-state index in [4.69, 9.17) is 10.8 Å². The number of carbonyl (C=O) groups excluding carboxylic acids is 1. The summed E-state index contributed by atoms with van der Waals surface area (Å²) in [4.78, 5) is 22.0. The van der Waals surface area contributed by atoms with Crippen molar-refractivity contribution in [2.75, 3.05) is 6.61 Å². The Bertz CT molecular complexity index is 458. The van der Waals surface area contributed by atoms with E-state index < -0.39 is 6.04 Å². The molecule has 0 saturated heterocycles. The summed E-state index contributed by atoms with van der Waals surface area (Å²) in [5.41, 5.74) is 5.57. The molecule has 0 aromatic carbocycles. The highest BCUT2D eigenvalue weighted by Crippen LogP contribution is 2.28. The molecule has 3 rings (SSSR count). The van der Waals surface area contributed by atoms with E-state index in [1.807, 2.05) is 17.1 Å². The predicted octanol–water partition coefficient (Wildman–Crippen LogP) is -1.59. The molecule has 1 amide bonds. The van der Waals surface area contributed by atoms with Crippen molar-refractivity contribution < 1.29 is 9.90 Å². The van der Waals surface area contributed by atoms with Gasteiger partial charge in [0.1, 0.15) is 0 Å². The summed E-state index contributed by atoms with van der Waals surface area (Å²) in [5.74, 6) is 0.0885. The lowest BCUT2D eigenvalue weighted by atomic mass is 10.1. The van der Waals surface area contributed by atoms with E-state index in [0.29, 0.717) is 0 Å². The van der Waals surface area contributed by atoms with Crippen molar-refractivity contribution in [1.82, 2.24) is 10.2 Å². The third-order valence-electron chi connectivity index (χ3n) is 3.51. The van der Waals surface area contributed by atoms with E-state index in [9.17, 15) is 4.79 Å². The number of rotatable bonds is 2. The van der Waals surface area contributed by atoms with E-state index in [1.54, 1.807) is 6.34 Å². The molecule has 0 aromatic heterocycles. The smallest absolute Gasteiger partial charge is 0.255 e. The molecule has 0 aromatic rings. The summed E-state index contributed by atoms with van der Waals surface area (Å²) in [5, 5.41) is 11.6. The Kier molecular flexibility index (Phi) is 2.55. The van der Waals surface area contributed by atoms with Gasteiger partial charge >= 0.3 is 0 Å². The van der Waals surface area contributed by atoms with E-state index in [1.165, 1.54) is 0 Å². The Morgan fingerprint density at radius 1 is 1.56 bits per heavy atom. The molecule has 0 saturated carbocycles. The number of aliphatic imine (C=N–C) groups is 2. The third-order valence-corrected chi connectivity index (χ3v) is 3.51. The summed E-state index contributed by atoms with van der Waals surface area (Å²) < 4.78 is 0. The van der Waals surface area contributed by atoms with Crippen molar-refractivity contribution in [3.05, 3.63) is 12.2 Å². The molecule has 96 valence electrons. The van der Waals surface area contributed by atoms with Gasteiger partial charge in [-0.15, -0.1) is 0 Å². The Hall–Kier alpha value is -1.89. The molecule has 2 heterocycles. The first-order chi connectivity index (χ1) is 8.69. The first-order valence-electron chi connectivity index (χ1n) is 5.93. The maximum absolute atomic E-state index is 11.7. The van der Waals surface area contributed by atoms with Crippen LogP contribution in [-0.4, -0.2) is 53.1 Å². The maximum atomic E-state index is 11.7. The van der Waals surface area contributed by atoms with E-state index in [0.717, 1.165) is 6.42 Å². The van der Waals surface area contributed by atoms with Gasteiger partial charge in [0.25, 0.3) is 5.91 Å². The maximum Gasteiger partial charge on any atom is 0.255 e. The summed E-state index contributed by atoms with van der Waals surface area (Å²) in [6, 6.07) is -0.401. The third kappa shape index (κ3) is 1.67. The van der Waals surface area contributed by atoms with Crippen LogP contribution in [0.3, 0.4) is 0 Å². The number of hydrogen-bond acceptors (Lipinski definition) is 6. The fourth-order valence-corrected chi connectivity index (χ4v) is 2.56. The van der Waals surface area contributed by atoms with Gasteiger partial charge in [-0.25, -0.2) is 4.99 Å². The molecule has 0 bridgehead atoms. The van der Waals surface area contributed by atoms with Gasteiger partial charge in [0.2, 0.25) is 0 Å². The first-order valence-corrected chi connectivity index (χ1v) is 5.93. The van der Waals surface area contributed by atoms with Crippen molar-refractivity contribution in [3.63, 3.8) is 0 Å². The van der Waals surface area contributed by atoms with Gasteiger partial charge in [-0.3, -0.25) is 15.1 Å². The summed E-state index contributed by atoms with van der Waals surface area (Å²) in [7, 11) is 0. The zero-order valence-electron chi connectivity index (χ0n) is 9.73. The van der Waals surface area contributed by atoms with Gasteiger partial charge in [0, 0.05) is 12.5 Å². The van der Waals surface area contributed by atoms with Crippen LogP contribution >= 0.6 is 0 Å². The van der Waals surface area contributed by atoms with E-state index in [-0.39, 0.29) is 36.6 Å². The molecule has 4 N–H and O–H groups in total. The van der Waals surface area contributed by atoms with Crippen LogP contribution in [0, 0.1) is 5.92 Å². The lowest BCUT2D eigenvalue weighted by Gasteiger charge is -2.31. The molecule has 7 heteroatoms. The highest BCUT2D eigenvalue weighted by atomic mass is 16.3. The highest BCUT2D eigenvalue weighted by molar-refractivity contribution is 6.02. The lowest BCUT2D eigenvalue weighted by molar-refractivity contribution is -0.122. The average molecular weight is 249 g/mol. The van der Waals surface area contributed by atoms with Gasteiger partial charge in [0.15, 0.2) is 18.2 Å². The van der Waals surface area contributed by atoms with Crippen LogP contribution in [0.4, 0.5) is 0 Å². The molecule has 3 aliphatic rings. The second-order valence-corrected chi connectivity index (χ2v) is 4.70. The molecule has 0 spiro atoms. The molecule has 2 aliphatic heterocycles. The molecular weight excluding hydrogens is 234 g/mol. The number of carbonyl (C=O) groups is 1. The molecule has 0 fully saturated rings. The predicted molar refractivity (Wildman–Crippen MR) is 65.8 cm³/mol. The van der Waals surface area contributed by atoms with Crippen LogP contribution in [0.2, 0.25) is 0 Å². The fourth-order valence-electron chi connectivity index (χ4n) is 2.56. The number of aliphatic hydroxyl groups excluding tert-OH is 1. The monoisotopic (exact) mass is 249 g/mol. The largest absolute Gasteiger partial charge is 0.396 e. The van der Waals surface area contributed by atoms with E-state index in [2.05, 4.69) is 15.3 Å². The van der Waals surface area contributed by atoms with Crippen LogP contribution in [-0.2, 0) is 4.79 Å². The highest BCUT2D eigenvalue weighted by Gasteiger charge is 2.42.